The zero-order valence-corrected chi connectivity index (χ0v) is 19.7. The van der Waals surface area contributed by atoms with Crippen LogP contribution in [0.3, 0.4) is 0 Å². The van der Waals surface area contributed by atoms with E-state index in [9.17, 15) is 9.59 Å². The van der Waals surface area contributed by atoms with Gasteiger partial charge in [-0.05, 0) is 57.3 Å². The van der Waals surface area contributed by atoms with Crippen molar-refractivity contribution in [3.63, 3.8) is 0 Å². The molecule has 7 heteroatoms. The third-order valence-electron chi connectivity index (χ3n) is 7.77. The Morgan fingerprint density at radius 2 is 1.94 bits per heavy atom. The number of likely N-dealkylation sites (N-methyl/N-ethyl adjacent to an activating group) is 1. The van der Waals surface area contributed by atoms with E-state index in [4.69, 9.17) is 18.9 Å². The van der Waals surface area contributed by atoms with E-state index in [1.54, 1.807) is 0 Å². The van der Waals surface area contributed by atoms with Crippen LogP contribution in [0.4, 0.5) is 0 Å². The van der Waals surface area contributed by atoms with Gasteiger partial charge < -0.3 is 23.8 Å². The molecule has 0 N–H and O–H groups in total. The zero-order chi connectivity index (χ0) is 23.2. The summed E-state index contributed by atoms with van der Waals surface area (Å²) in [5.74, 6) is 1.04. The number of ether oxygens (including phenoxy) is 4. The average molecular weight is 456 g/mol. The first-order valence-corrected chi connectivity index (χ1v) is 12.1. The van der Waals surface area contributed by atoms with E-state index in [0.29, 0.717) is 30.9 Å². The molecule has 2 heterocycles. The summed E-state index contributed by atoms with van der Waals surface area (Å²) in [7, 11) is 2.22. The number of piperidine rings is 1. The molecule has 2 aliphatic heterocycles. The molecule has 0 aromatic heterocycles. The van der Waals surface area contributed by atoms with Crippen LogP contribution in [-0.4, -0.2) is 61.9 Å². The quantitative estimate of drug-likeness (QED) is 0.258. The summed E-state index contributed by atoms with van der Waals surface area (Å²) >= 11 is 0. The lowest BCUT2D eigenvalue weighted by atomic mass is 9.53. The predicted molar refractivity (Wildman–Crippen MR) is 121 cm³/mol. The summed E-state index contributed by atoms with van der Waals surface area (Å²) in [5.41, 5.74) is 2.39. The van der Waals surface area contributed by atoms with Crippen LogP contribution in [0.1, 0.15) is 50.7 Å². The number of hydrogen-bond donors (Lipinski definition) is 0. The summed E-state index contributed by atoms with van der Waals surface area (Å²) in [5, 5.41) is 0. The fraction of sp³-hybridized carbons (Fsp3) is 0.615. The molecule has 1 spiro atoms. The second kappa shape index (κ2) is 8.76. The standard InChI is InChI=1S/C26H33NO6/c1-16(28)30-13-5-4-6-14-31-22-10-8-19-20-15-18-7-9-21(32-17(2)29)24-23(18)26(19,25(22)33-24)11-12-27(20)3/h7-10,19-20,22,25H,4-6,11-15H2,1-3H3/t19-,20+,22?,25?,26-/m0/s1. The maximum Gasteiger partial charge on any atom is 0.308 e. The molecule has 5 atom stereocenters. The minimum Gasteiger partial charge on any atom is -0.482 e. The van der Waals surface area contributed by atoms with Crippen molar-refractivity contribution in [3.05, 3.63) is 35.4 Å². The molecule has 7 nitrogen and oxygen atoms in total. The number of carbonyl (C=O) groups is 2. The fourth-order valence-corrected chi connectivity index (χ4v) is 6.40. The number of benzene rings is 1. The summed E-state index contributed by atoms with van der Waals surface area (Å²) in [6.45, 7) is 4.95. The Kier molecular flexibility index (Phi) is 5.95. The number of esters is 2. The van der Waals surface area contributed by atoms with Crippen molar-refractivity contribution < 1.29 is 28.5 Å². The van der Waals surface area contributed by atoms with Crippen molar-refractivity contribution in [1.82, 2.24) is 4.90 Å². The molecule has 2 aliphatic carbocycles. The molecule has 1 saturated heterocycles. The first-order chi connectivity index (χ1) is 15.9. The molecule has 0 saturated carbocycles. The zero-order valence-electron chi connectivity index (χ0n) is 19.7. The summed E-state index contributed by atoms with van der Waals surface area (Å²) in [6, 6.07) is 4.43. The summed E-state index contributed by atoms with van der Waals surface area (Å²) in [6.07, 6.45) is 8.89. The van der Waals surface area contributed by atoms with E-state index in [1.165, 1.54) is 25.0 Å². The van der Waals surface area contributed by atoms with E-state index >= 15 is 0 Å². The highest BCUT2D eigenvalue weighted by Gasteiger charge is 2.64. The molecular formula is C26H33NO6. The lowest BCUT2D eigenvalue weighted by Crippen LogP contribution is -2.65. The summed E-state index contributed by atoms with van der Waals surface area (Å²) < 4.78 is 23.6. The van der Waals surface area contributed by atoms with Crippen LogP contribution in [-0.2, 0) is 30.9 Å². The average Bonchev–Trinajstić information content (AvgIpc) is 3.12. The van der Waals surface area contributed by atoms with Crippen molar-refractivity contribution in [2.45, 2.75) is 69.6 Å². The SMILES string of the molecule is CC(=O)OCCCCCOC1C=C[C@H]2[C@H]3Cc4ccc(OC(C)=O)c5c4[C@@]2(CCN3C)C1O5. The van der Waals surface area contributed by atoms with Crippen LogP contribution in [0.5, 0.6) is 11.5 Å². The molecule has 0 radical (unpaired) electrons. The van der Waals surface area contributed by atoms with Crippen LogP contribution in [0.15, 0.2) is 24.3 Å². The van der Waals surface area contributed by atoms with Crippen molar-refractivity contribution in [2.24, 2.45) is 5.92 Å². The Hall–Kier alpha value is -2.38. The lowest BCUT2D eigenvalue weighted by Gasteiger charge is -2.56. The van der Waals surface area contributed by atoms with Crippen LogP contribution in [0.25, 0.3) is 0 Å². The molecule has 178 valence electrons. The van der Waals surface area contributed by atoms with E-state index in [2.05, 4.69) is 30.2 Å². The maximum absolute atomic E-state index is 11.7. The molecule has 5 rings (SSSR count). The third kappa shape index (κ3) is 3.75. The number of carbonyl (C=O) groups excluding carboxylic acids is 2. The fourth-order valence-electron chi connectivity index (χ4n) is 6.40. The van der Waals surface area contributed by atoms with Gasteiger partial charge in [-0.25, -0.2) is 0 Å². The molecule has 0 amide bonds. The van der Waals surface area contributed by atoms with Gasteiger partial charge in [0.15, 0.2) is 11.5 Å². The minimum atomic E-state index is -0.338. The highest BCUT2D eigenvalue weighted by molar-refractivity contribution is 5.72. The molecular weight excluding hydrogens is 422 g/mol. The van der Waals surface area contributed by atoms with Gasteiger partial charge in [0.05, 0.1) is 6.61 Å². The van der Waals surface area contributed by atoms with Crippen LogP contribution in [0, 0.1) is 5.92 Å². The van der Waals surface area contributed by atoms with E-state index in [-0.39, 0.29) is 29.6 Å². The molecule has 2 bridgehead atoms. The van der Waals surface area contributed by atoms with Crippen molar-refractivity contribution in [2.75, 3.05) is 26.8 Å². The number of unbranched alkanes of at least 4 members (excludes halogenated alkanes) is 2. The van der Waals surface area contributed by atoms with Gasteiger partial charge >= 0.3 is 11.9 Å². The molecule has 33 heavy (non-hydrogen) atoms. The van der Waals surface area contributed by atoms with Gasteiger partial charge in [0.25, 0.3) is 0 Å². The Balaban J connectivity index is 1.37. The molecule has 2 unspecified atom stereocenters. The van der Waals surface area contributed by atoms with Crippen molar-refractivity contribution >= 4 is 11.9 Å². The maximum atomic E-state index is 11.7. The molecule has 4 aliphatic rings. The first-order valence-electron chi connectivity index (χ1n) is 12.1. The molecule has 1 aromatic carbocycles. The monoisotopic (exact) mass is 455 g/mol. The second-order valence-corrected chi connectivity index (χ2v) is 9.75. The van der Waals surface area contributed by atoms with Gasteiger partial charge in [-0.2, -0.15) is 0 Å². The number of rotatable bonds is 8. The third-order valence-corrected chi connectivity index (χ3v) is 7.77. The van der Waals surface area contributed by atoms with Gasteiger partial charge in [0.1, 0.15) is 12.2 Å². The number of likely N-dealkylation sites (tertiary alicyclic amines) is 1. The van der Waals surface area contributed by atoms with Gasteiger partial charge in [-0.3, -0.25) is 9.59 Å². The number of nitrogens with zero attached hydrogens (tertiary/aromatic N) is 1. The van der Waals surface area contributed by atoms with Crippen LogP contribution < -0.4 is 9.47 Å². The van der Waals surface area contributed by atoms with Gasteiger partial charge in [-0.15, -0.1) is 0 Å². The highest BCUT2D eigenvalue weighted by Crippen LogP contribution is 2.62. The smallest absolute Gasteiger partial charge is 0.308 e. The van der Waals surface area contributed by atoms with Crippen molar-refractivity contribution in [1.29, 1.82) is 0 Å². The molecule has 1 aromatic rings. The Morgan fingerprint density at radius 1 is 1.12 bits per heavy atom. The van der Waals surface area contributed by atoms with E-state index in [1.807, 2.05) is 6.07 Å². The second-order valence-electron chi connectivity index (χ2n) is 9.75. The predicted octanol–water partition coefficient (Wildman–Crippen LogP) is 3.18. The van der Waals surface area contributed by atoms with Crippen molar-refractivity contribution in [3.8, 4) is 11.5 Å². The lowest BCUT2D eigenvalue weighted by molar-refractivity contribution is -0.141. The largest absolute Gasteiger partial charge is 0.482 e. The molecule has 1 fully saturated rings. The van der Waals surface area contributed by atoms with Gasteiger partial charge in [0, 0.05) is 43.4 Å². The summed E-state index contributed by atoms with van der Waals surface area (Å²) in [4.78, 5) is 25.1. The van der Waals surface area contributed by atoms with Crippen LogP contribution in [0.2, 0.25) is 0 Å². The normalized spacial score (nSPS) is 31.0. The first kappa shape index (κ1) is 22.4. The Morgan fingerprint density at radius 3 is 2.73 bits per heavy atom. The van der Waals surface area contributed by atoms with Crippen LogP contribution >= 0.6 is 0 Å². The van der Waals surface area contributed by atoms with E-state index < -0.39 is 0 Å². The highest BCUT2D eigenvalue weighted by atomic mass is 16.6. The van der Waals surface area contributed by atoms with E-state index in [0.717, 1.165) is 44.4 Å². The Labute approximate surface area is 195 Å². The van der Waals surface area contributed by atoms with Gasteiger partial charge in [0.2, 0.25) is 0 Å². The number of hydrogen-bond acceptors (Lipinski definition) is 7. The Bertz CT molecular complexity index is 974. The topological polar surface area (TPSA) is 74.3 Å². The minimum absolute atomic E-state index is 0.129. The van der Waals surface area contributed by atoms with Gasteiger partial charge in [-0.1, -0.05) is 18.2 Å².